The van der Waals surface area contributed by atoms with Gasteiger partial charge < -0.3 is 10.8 Å². The number of aromatic nitrogens is 1. The lowest BCUT2D eigenvalue weighted by Crippen LogP contribution is -2.32. The Bertz CT molecular complexity index is 355. The van der Waals surface area contributed by atoms with Gasteiger partial charge in [0.05, 0.1) is 0 Å². The lowest BCUT2D eigenvalue weighted by atomic mass is 10.1. The van der Waals surface area contributed by atoms with Crippen molar-refractivity contribution in [3.8, 4) is 0 Å². The topological polar surface area (TPSA) is 76.2 Å². The number of carboxylic acid groups (broad SMARTS) is 1. The molecule has 0 unspecified atom stereocenters. The Kier molecular flexibility index (Phi) is 3.14. The van der Waals surface area contributed by atoms with Crippen molar-refractivity contribution >= 4 is 5.97 Å². The van der Waals surface area contributed by atoms with E-state index in [0.717, 1.165) is 0 Å². The first-order valence-electron chi connectivity index (χ1n) is 4.10. The van der Waals surface area contributed by atoms with Crippen LogP contribution in [-0.4, -0.2) is 22.1 Å². The Labute approximate surface area is 80.6 Å². The van der Waals surface area contributed by atoms with Crippen LogP contribution in [-0.2, 0) is 11.2 Å². The predicted molar refractivity (Wildman–Crippen MR) is 48.2 cm³/mol. The maximum Gasteiger partial charge on any atom is 0.320 e. The van der Waals surface area contributed by atoms with Crippen molar-refractivity contribution in [2.75, 3.05) is 0 Å². The van der Waals surface area contributed by atoms with Crippen molar-refractivity contribution in [1.29, 1.82) is 0 Å². The second-order valence-electron chi connectivity index (χ2n) is 3.10. The largest absolute Gasteiger partial charge is 0.480 e. The predicted octanol–water partition coefficient (Wildman–Crippen LogP) is 0.484. The number of pyridine rings is 1. The summed E-state index contributed by atoms with van der Waals surface area (Å²) >= 11 is 0. The molecule has 0 aliphatic carbocycles. The van der Waals surface area contributed by atoms with E-state index in [1.165, 1.54) is 6.20 Å². The van der Waals surface area contributed by atoms with E-state index in [1.807, 2.05) is 0 Å². The van der Waals surface area contributed by atoms with Crippen LogP contribution in [0.25, 0.3) is 0 Å². The van der Waals surface area contributed by atoms with Crippen LogP contribution < -0.4 is 5.73 Å². The smallest absolute Gasteiger partial charge is 0.320 e. The van der Waals surface area contributed by atoms with Crippen LogP contribution >= 0.6 is 0 Å². The van der Waals surface area contributed by atoms with Crippen molar-refractivity contribution in [3.63, 3.8) is 0 Å². The molecule has 14 heavy (non-hydrogen) atoms. The second kappa shape index (κ2) is 4.15. The number of aryl methyl sites for hydroxylation is 1. The normalized spacial score (nSPS) is 12.5. The molecule has 4 nitrogen and oxygen atoms in total. The third-order valence-corrected chi connectivity index (χ3v) is 1.84. The zero-order chi connectivity index (χ0) is 10.7. The Balaban J connectivity index is 2.78. The first-order valence-corrected chi connectivity index (χ1v) is 4.10. The van der Waals surface area contributed by atoms with Gasteiger partial charge in [-0.3, -0.25) is 4.79 Å². The molecule has 0 spiro atoms. The molecule has 0 radical (unpaired) electrons. The highest BCUT2D eigenvalue weighted by molar-refractivity contribution is 5.73. The van der Waals surface area contributed by atoms with Crippen molar-refractivity contribution in [2.24, 2.45) is 5.73 Å². The van der Waals surface area contributed by atoms with Gasteiger partial charge in [-0.1, -0.05) is 0 Å². The zero-order valence-electron chi connectivity index (χ0n) is 7.70. The molecule has 1 rings (SSSR count). The molecule has 0 aliphatic heterocycles. The molecule has 1 aromatic rings. The van der Waals surface area contributed by atoms with E-state index >= 15 is 0 Å². The molecule has 0 aromatic carbocycles. The molecule has 0 bridgehead atoms. The van der Waals surface area contributed by atoms with Crippen LogP contribution in [0.15, 0.2) is 12.3 Å². The number of hydrogen-bond donors (Lipinski definition) is 2. The molecule has 1 aromatic heterocycles. The lowest BCUT2D eigenvalue weighted by molar-refractivity contribution is -0.138. The fourth-order valence-corrected chi connectivity index (χ4v) is 1.07. The van der Waals surface area contributed by atoms with Crippen LogP contribution in [0.5, 0.6) is 0 Å². The average Bonchev–Trinajstić information content (AvgIpc) is 2.11. The Morgan fingerprint density at radius 3 is 2.93 bits per heavy atom. The van der Waals surface area contributed by atoms with Crippen molar-refractivity contribution in [2.45, 2.75) is 19.4 Å². The van der Waals surface area contributed by atoms with Gasteiger partial charge in [0.25, 0.3) is 0 Å². The van der Waals surface area contributed by atoms with Crippen LogP contribution in [0.3, 0.4) is 0 Å². The van der Waals surface area contributed by atoms with Crippen LogP contribution in [0.4, 0.5) is 4.39 Å². The molecule has 0 saturated carbocycles. The standard InChI is InChI=1S/C9H11FN2O2/c1-5-2-6(4-12-8(5)10)3-7(11)9(13)14/h2,4,7H,3,11H2,1H3,(H,13,14)/t7-/m1/s1. The number of carbonyl (C=O) groups is 1. The van der Waals surface area contributed by atoms with Gasteiger partial charge in [-0.25, -0.2) is 4.98 Å². The molecule has 76 valence electrons. The van der Waals surface area contributed by atoms with Gasteiger partial charge in [-0.15, -0.1) is 0 Å². The maximum absolute atomic E-state index is 12.7. The molecule has 0 saturated heterocycles. The van der Waals surface area contributed by atoms with Gasteiger partial charge in [0.1, 0.15) is 6.04 Å². The van der Waals surface area contributed by atoms with E-state index in [0.29, 0.717) is 11.1 Å². The quantitative estimate of drug-likeness (QED) is 0.693. The van der Waals surface area contributed by atoms with Gasteiger partial charge in [-0.2, -0.15) is 4.39 Å². The van der Waals surface area contributed by atoms with E-state index in [2.05, 4.69) is 4.98 Å². The molecular formula is C9H11FN2O2. The third kappa shape index (κ3) is 2.50. The third-order valence-electron chi connectivity index (χ3n) is 1.84. The molecule has 1 heterocycles. The highest BCUT2D eigenvalue weighted by atomic mass is 19.1. The molecule has 1 atom stereocenters. The molecule has 3 N–H and O–H groups in total. The number of rotatable bonds is 3. The van der Waals surface area contributed by atoms with E-state index < -0.39 is 18.0 Å². The minimum absolute atomic E-state index is 0.156. The number of nitrogens with two attached hydrogens (primary N) is 1. The summed E-state index contributed by atoms with van der Waals surface area (Å²) in [6.45, 7) is 1.57. The summed E-state index contributed by atoms with van der Waals surface area (Å²) in [5.41, 5.74) is 6.33. The zero-order valence-corrected chi connectivity index (χ0v) is 7.70. The van der Waals surface area contributed by atoms with E-state index in [-0.39, 0.29) is 6.42 Å². The number of aliphatic carboxylic acids is 1. The fourth-order valence-electron chi connectivity index (χ4n) is 1.07. The highest BCUT2D eigenvalue weighted by Gasteiger charge is 2.12. The average molecular weight is 198 g/mol. The summed E-state index contributed by atoms with van der Waals surface area (Å²) in [4.78, 5) is 13.9. The number of nitrogens with zero attached hydrogens (tertiary/aromatic N) is 1. The lowest BCUT2D eigenvalue weighted by Gasteiger charge is -2.06. The van der Waals surface area contributed by atoms with Gasteiger partial charge in [0, 0.05) is 11.8 Å². The van der Waals surface area contributed by atoms with Crippen molar-refractivity contribution < 1.29 is 14.3 Å². The van der Waals surface area contributed by atoms with Crippen LogP contribution in [0, 0.1) is 12.9 Å². The molecule has 0 fully saturated rings. The summed E-state index contributed by atoms with van der Waals surface area (Å²) in [6.07, 6.45) is 1.45. The first-order chi connectivity index (χ1) is 6.50. The van der Waals surface area contributed by atoms with Crippen LogP contribution in [0.1, 0.15) is 11.1 Å². The first kappa shape index (κ1) is 10.6. The minimum Gasteiger partial charge on any atom is -0.480 e. The molecular weight excluding hydrogens is 187 g/mol. The maximum atomic E-state index is 12.7. The van der Waals surface area contributed by atoms with Crippen molar-refractivity contribution in [3.05, 3.63) is 29.3 Å². The fraction of sp³-hybridized carbons (Fsp3) is 0.333. The van der Waals surface area contributed by atoms with Gasteiger partial charge >= 0.3 is 5.97 Å². The summed E-state index contributed by atoms with van der Waals surface area (Å²) in [6, 6.07) is 0.576. The van der Waals surface area contributed by atoms with Gasteiger partial charge in [0.15, 0.2) is 0 Å². The molecule has 0 aliphatic rings. The van der Waals surface area contributed by atoms with Crippen LogP contribution in [0.2, 0.25) is 0 Å². The van der Waals surface area contributed by atoms with Crippen molar-refractivity contribution in [1.82, 2.24) is 4.98 Å². The second-order valence-corrected chi connectivity index (χ2v) is 3.10. The van der Waals surface area contributed by atoms with E-state index in [1.54, 1.807) is 13.0 Å². The van der Waals surface area contributed by atoms with E-state index in [4.69, 9.17) is 10.8 Å². The Hall–Kier alpha value is -1.49. The SMILES string of the molecule is Cc1cc(C[C@@H](N)C(=O)O)cnc1F. The Morgan fingerprint density at radius 2 is 2.43 bits per heavy atom. The minimum atomic E-state index is -1.08. The highest BCUT2D eigenvalue weighted by Crippen LogP contribution is 2.07. The molecule has 0 amide bonds. The summed E-state index contributed by atoms with van der Waals surface area (Å²) in [5.74, 6) is -1.62. The number of hydrogen-bond acceptors (Lipinski definition) is 3. The van der Waals surface area contributed by atoms with E-state index in [9.17, 15) is 9.18 Å². The number of halogens is 1. The summed E-state index contributed by atoms with van der Waals surface area (Å²) in [5, 5.41) is 8.55. The Morgan fingerprint density at radius 1 is 1.79 bits per heavy atom. The monoisotopic (exact) mass is 198 g/mol. The summed E-state index contributed by atoms with van der Waals surface area (Å²) < 4.78 is 12.7. The number of carboxylic acids is 1. The van der Waals surface area contributed by atoms with Gasteiger partial charge in [-0.05, 0) is 25.0 Å². The van der Waals surface area contributed by atoms with Gasteiger partial charge in [0.2, 0.25) is 5.95 Å². The molecule has 5 heteroatoms. The summed E-state index contributed by atoms with van der Waals surface area (Å²) in [7, 11) is 0.